The molecule has 0 aliphatic carbocycles. The van der Waals surface area contributed by atoms with Crippen molar-refractivity contribution < 1.29 is 0 Å². The second-order valence-electron chi connectivity index (χ2n) is 4.81. The molecule has 2 heterocycles. The molecule has 0 aliphatic heterocycles. The highest BCUT2D eigenvalue weighted by Gasteiger charge is 2.10. The molecule has 21 heavy (non-hydrogen) atoms. The fourth-order valence-electron chi connectivity index (χ4n) is 2.47. The summed E-state index contributed by atoms with van der Waals surface area (Å²) in [6.45, 7) is 0. The molecule has 4 nitrogen and oxygen atoms in total. The number of aromatic nitrogens is 3. The fraction of sp³-hybridized carbons (Fsp3) is 0. The molecule has 0 unspecified atom stereocenters. The summed E-state index contributed by atoms with van der Waals surface area (Å²) in [6, 6.07) is 16.9. The van der Waals surface area contributed by atoms with Gasteiger partial charge in [-0.05, 0) is 30.3 Å². The lowest BCUT2D eigenvalue weighted by Gasteiger charge is -2.03. The van der Waals surface area contributed by atoms with Crippen LogP contribution in [0.4, 0.5) is 0 Å². The van der Waals surface area contributed by atoms with Gasteiger partial charge in [0.05, 0.1) is 11.2 Å². The van der Waals surface area contributed by atoms with Gasteiger partial charge in [0.2, 0.25) is 0 Å². The number of nitrogens with one attached hydrogen (secondary N) is 1. The quantitative estimate of drug-likeness (QED) is 0.575. The molecule has 0 fully saturated rings. The summed E-state index contributed by atoms with van der Waals surface area (Å²) in [5.41, 5.74) is 3.11. The minimum absolute atomic E-state index is 0.153. The van der Waals surface area contributed by atoms with E-state index in [-0.39, 0.29) is 5.56 Å². The Bertz CT molecular complexity index is 1020. The lowest BCUT2D eigenvalue weighted by molar-refractivity contribution is 0.833. The van der Waals surface area contributed by atoms with Crippen LogP contribution < -0.4 is 5.56 Å². The lowest BCUT2D eigenvalue weighted by Crippen LogP contribution is -2.19. The number of benzene rings is 2. The summed E-state index contributed by atoms with van der Waals surface area (Å²) in [4.78, 5) is 15.5. The molecule has 2 aromatic carbocycles. The molecule has 4 aromatic rings. The largest absolute Gasteiger partial charge is 0.353 e. The van der Waals surface area contributed by atoms with Crippen molar-refractivity contribution >= 4 is 37.9 Å². The van der Waals surface area contributed by atoms with Gasteiger partial charge in [0.15, 0.2) is 0 Å². The molecule has 5 heteroatoms. The first-order valence-corrected chi connectivity index (χ1v) is 7.28. The van der Waals surface area contributed by atoms with Crippen molar-refractivity contribution in [2.45, 2.75) is 0 Å². The van der Waals surface area contributed by atoms with Crippen molar-refractivity contribution in [1.82, 2.24) is 14.8 Å². The smallest absolute Gasteiger partial charge is 0.273 e. The number of rotatable bonds is 1. The van der Waals surface area contributed by atoms with Crippen LogP contribution in [0.25, 0.3) is 27.6 Å². The topological polar surface area (TPSA) is 50.7 Å². The second kappa shape index (κ2) is 4.56. The van der Waals surface area contributed by atoms with Gasteiger partial charge in [-0.15, -0.1) is 0 Å². The Morgan fingerprint density at radius 1 is 1.00 bits per heavy atom. The maximum absolute atomic E-state index is 12.2. The Morgan fingerprint density at radius 2 is 1.81 bits per heavy atom. The minimum Gasteiger partial charge on any atom is -0.353 e. The molecular weight excluding hydrogens is 330 g/mol. The van der Waals surface area contributed by atoms with E-state index in [9.17, 15) is 4.79 Å². The highest BCUT2D eigenvalue weighted by atomic mass is 79.9. The van der Waals surface area contributed by atoms with Crippen molar-refractivity contribution in [2.75, 3.05) is 0 Å². The number of aromatic amines is 1. The van der Waals surface area contributed by atoms with Crippen LogP contribution in [0.2, 0.25) is 0 Å². The van der Waals surface area contributed by atoms with Crippen molar-refractivity contribution in [1.29, 1.82) is 0 Å². The van der Waals surface area contributed by atoms with Gasteiger partial charge in [-0.2, -0.15) is 9.78 Å². The Hall–Kier alpha value is -2.40. The molecular formula is C16H10BrN3O. The number of H-pyrrole nitrogens is 1. The number of hydrogen-bond acceptors (Lipinski definition) is 2. The van der Waals surface area contributed by atoms with Crippen molar-refractivity contribution in [2.24, 2.45) is 0 Å². The standard InChI is InChI=1S/C16H10BrN3O/c17-10-6-7-13-12(8-10)16-14(18-13)9-15(21)20(19-16)11-4-2-1-3-5-11/h1-9,18H. The Morgan fingerprint density at radius 3 is 2.62 bits per heavy atom. The van der Waals surface area contributed by atoms with E-state index in [2.05, 4.69) is 26.0 Å². The van der Waals surface area contributed by atoms with Gasteiger partial charge in [-0.25, -0.2) is 0 Å². The summed E-state index contributed by atoms with van der Waals surface area (Å²) < 4.78 is 2.41. The van der Waals surface area contributed by atoms with Gasteiger partial charge in [0.1, 0.15) is 5.52 Å². The molecule has 0 atom stereocenters. The van der Waals surface area contributed by atoms with Gasteiger partial charge >= 0.3 is 0 Å². The Kier molecular flexibility index (Phi) is 2.68. The van der Waals surface area contributed by atoms with Crippen LogP contribution in [0.3, 0.4) is 0 Å². The predicted molar refractivity (Wildman–Crippen MR) is 86.9 cm³/mol. The highest BCUT2D eigenvalue weighted by Crippen LogP contribution is 2.25. The normalized spacial score (nSPS) is 11.3. The van der Waals surface area contributed by atoms with Gasteiger partial charge < -0.3 is 4.98 Å². The molecule has 4 rings (SSSR count). The highest BCUT2D eigenvalue weighted by molar-refractivity contribution is 9.10. The van der Waals surface area contributed by atoms with Crippen LogP contribution in [0.5, 0.6) is 0 Å². The van der Waals surface area contributed by atoms with E-state index in [1.54, 1.807) is 6.07 Å². The van der Waals surface area contributed by atoms with E-state index in [0.717, 1.165) is 32.1 Å². The zero-order valence-corrected chi connectivity index (χ0v) is 12.5. The van der Waals surface area contributed by atoms with Crippen LogP contribution in [0.15, 0.2) is 63.9 Å². The summed E-state index contributed by atoms with van der Waals surface area (Å²) in [5.74, 6) is 0. The van der Waals surface area contributed by atoms with E-state index < -0.39 is 0 Å². The van der Waals surface area contributed by atoms with Crippen LogP contribution in [0.1, 0.15) is 0 Å². The SMILES string of the molecule is O=c1cc2[nH]c3ccc(Br)cc3c2nn1-c1ccccc1. The first-order chi connectivity index (χ1) is 10.2. The summed E-state index contributed by atoms with van der Waals surface area (Å²) in [6.07, 6.45) is 0. The summed E-state index contributed by atoms with van der Waals surface area (Å²) >= 11 is 3.47. The molecule has 0 spiro atoms. The van der Waals surface area contributed by atoms with Crippen LogP contribution in [-0.4, -0.2) is 14.8 Å². The van der Waals surface area contributed by atoms with Crippen LogP contribution in [-0.2, 0) is 0 Å². The maximum Gasteiger partial charge on any atom is 0.273 e. The second-order valence-corrected chi connectivity index (χ2v) is 5.72. The minimum atomic E-state index is -0.153. The monoisotopic (exact) mass is 339 g/mol. The zero-order valence-electron chi connectivity index (χ0n) is 10.9. The Labute approximate surface area is 128 Å². The van der Waals surface area contributed by atoms with E-state index in [4.69, 9.17) is 0 Å². The molecule has 0 aliphatic rings. The summed E-state index contributed by atoms with van der Waals surface area (Å²) in [7, 11) is 0. The molecule has 102 valence electrons. The molecule has 0 radical (unpaired) electrons. The van der Waals surface area contributed by atoms with Gasteiger partial charge in [0, 0.05) is 21.4 Å². The first-order valence-electron chi connectivity index (χ1n) is 6.49. The number of para-hydroxylation sites is 1. The van der Waals surface area contributed by atoms with Gasteiger partial charge in [0.25, 0.3) is 5.56 Å². The molecule has 0 amide bonds. The average Bonchev–Trinajstić information content (AvgIpc) is 2.84. The van der Waals surface area contributed by atoms with E-state index in [1.807, 2.05) is 48.5 Å². The van der Waals surface area contributed by atoms with Crippen LogP contribution in [0, 0.1) is 0 Å². The van der Waals surface area contributed by atoms with Crippen molar-refractivity contribution in [3.05, 3.63) is 69.4 Å². The third kappa shape index (κ3) is 1.97. The van der Waals surface area contributed by atoms with E-state index >= 15 is 0 Å². The zero-order chi connectivity index (χ0) is 14.4. The van der Waals surface area contributed by atoms with Crippen LogP contribution >= 0.6 is 15.9 Å². The molecule has 0 bridgehead atoms. The number of fused-ring (bicyclic) bond motifs is 3. The first kappa shape index (κ1) is 12.3. The number of halogens is 1. The Balaban J connectivity index is 2.10. The lowest BCUT2D eigenvalue weighted by atomic mass is 10.2. The molecule has 1 N–H and O–H groups in total. The molecule has 0 saturated carbocycles. The third-order valence-electron chi connectivity index (χ3n) is 3.44. The fourth-order valence-corrected chi connectivity index (χ4v) is 2.83. The van der Waals surface area contributed by atoms with E-state index in [0.29, 0.717) is 0 Å². The average molecular weight is 340 g/mol. The van der Waals surface area contributed by atoms with Crippen molar-refractivity contribution in [3.8, 4) is 5.69 Å². The number of hydrogen-bond donors (Lipinski definition) is 1. The van der Waals surface area contributed by atoms with E-state index in [1.165, 1.54) is 4.68 Å². The summed E-state index contributed by atoms with van der Waals surface area (Å²) in [5, 5.41) is 5.52. The van der Waals surface area contributed by atoms with Crippen molar-refractivity contribution in [3.63, 3.8) is 0 Å². The van der Waals surface area contributed by atoms with Gasteiger partial charge in [-0.1, -0.05) is 34.1 Å². The number of nitrogens with zero attached hydrogens (tertiary/aromatic N) is 2. The third-order valence-corrected chi connectivity index (χ3v) is 3.93. The predicted octanol–water partition coefficient (Wildman–Crippen LogP) is 3.63. The molecule has 0 saturated heterocycles. The maximum atomic E-state index is 12.2. The van der Waals surface area contributed by atoms with Gasteiger partial charge in [-0.3, -0.25) is 4.79 Å². The molecule has 2 aromatic heterocycles.